The minimum atomic E-state index is 0.0325. The first-order valence-electron chi connectivity index (χ1n) is 7.68. The number of carbonyl (C=O) groups is 1. The van der Waals surface area contributed by atoms with Crippen LogP contribution in [0.15, 0.2) is 24.7 Å². The van der Waals surface area contributed by atoms with E-state index in [4.69, 9.17) is 4.74 Å². The standard InChI is InChI=1S/C15H19N5O2/c21-15(12-2-7-22-11-12)18-5-6-20-13(8-16-14(20)10-18)9-19-4-1-3-17-19/h1,3-4,8,12H,2,5-7,9-11H2. The number of nitrogens with zero attached hydrogens (tertiary/aromatic N) is 5. The second-order valence-electron chi connectivity index (χ2n) is 5.84. The van der Waals surface area contributed by atoms with Gasteiger partial charge in [-0.2, -0.15) is 5.10 Å². The van der Waals surface area contributed by atoms with Gasteiger partial charge >= 0.3 is 0 Å². The molecule has 4 rings (SSSR count). The zero-order valence-corrected chi connectivity index (χ0v) is 12.4. The van der Waals surface area contributed by atoms with Gasteiger partial charge in [0.05, 0.1) is 37.5 Å². The molecule has 2 aromatic rings. The molecule has 2 aliphatic heterocycles. The van der Waals surface area contributed by atoms with Gasteiger partial charge in [0.25, 0.3) is 0 Å². The van der Waals surface area contributed by atoms with Gasteiger partial charge < -0.3 is 14.2 Å². The maximum absolute atomic E-state index is 12.5. The van der Waals surface area contributed by atoms with Crippen molar-refractivity contribution in [1.29, 1.82) is 0 Å². The fourth-order valence-corrected chi connectivity index (χ4v) is 3.19. The zero-order valence-electron chi connectivity index (χ0n) is 12.4. The Morgan fingerprint density at radius 2 is 2.36 bits per heavy atom. The van der Waals surface area contributed by atoms with Crippen molar-refractivity contribution in [2.24, 2.45) is 5.92 Å². The van der Waals surface area contributed by atoms with E-state index < -0.39 is 0 Å². The number of hydrogen-bond acceptors (Lipinski definition) is 4. The Morgan fingerprint density at radius 3 is 3.14 bits per heavy atom. The summed E-state index contributed by atoms with van der Waals surface area (Å²) in [5.41, 5.74) is 1.13. The number of carbonyl (C=O) groups excluding carboxylic acids is 1. The molecule has 0 aliphatic carbocycles. The average molecular weight is 301 g/mol. The number of ether oxygens (including phenoxy) is 1. The predicted molar refractivity (Wildman–Crippen MR) is 77.9 cm³/mol. The molecule has 0 bridgehead atoms. The van der Waals surface area contributed by atoms with Crippen molar-refractivity contribution >= 4 is 5.91 Å². The second-order valence-corrected chi connectivity index (χ2v) is 5.84. The molecule has 1 fully saturated rings. The molecule has 2 aromatic heterocycles. The highest BCUT2D eigenvalue weighted by Gasteiger charge is 2.31. The van der Waals surface area contributed by atoms with Crippen LogP contribution in [0.25, 0.3) is 0 Å². The summed E-state index contributed by atoms with van der Waals surface area (Å²) in [6.07, 6.45) is 6.45. The molecule has 1 unspecified atom stereocenters. The fraction of sp³-hybridized carbons (Fsp3) is 0.533. The Bertz CT molecular complexity index is 658. The van der Waals surface area contributed by atoms with Crippen LogP contribution in [0.1, 0.15) is 17.9 Å². The van der Waals surface area contributed by atoms with Gasteiger partial charge in [-0.25, -0.2) is 4.98 Å². The molecule has 1 amide bonds. The molecule has 22 heavy (non-hydrogen) atoms. The number of aromatic nitrogens is 4. The van der Waals surface area contributed by atoms with Crippen molar-refractivity contribution in [3.05, 3.63) is 36.2 Å². The lowest BCUT2D eigenvalue weighted by Crippen LogP contribution is -2.42. The van der Waals surface area contributed by atoms with E-state index in [-0.39, 0.29) is 11.8 Å². The first kappa shape index (κ1) is 13.5. The lowest BCUT2D eigenvalue weighted by Gasteiger charge is -2.30. The Balaban J connectivity index is 1.48. The van der Waals surface area contributed by atoms with Crippen LogP contribution in [0.4, 0.5) is 0 Å². The highest BCUT2D eigenvalue weighted by atomic mass is 16.5. The summed E-state index contributed by atoms with van der Waals surface area (Å²) in [4.78, 5) is 18.9. The van der Waals surface area contributed by atoms with E-state index in [1.165, 1.54) is 0 Å². The van der Waals surface area contributed by atoms with Crippen molar-refractivity contribution in [3.8, 4) is 0 Å². The fourth-order valence-electron chi connectivity index (χ4n) is 3.19. The Hall–Kier alpha value is -2.15. The summed E-state index contributed by atoms with van der Waals surface area (Å²) < 4.78 is 9.41. The third kappa shape index (κ3) is 2.41. The van der Waals surface area contributed by atoms with Gasteiger partial charge in [-0.3, -0.25) is 9.48 Å². The van der Waals surface area contributed by atoms with Crippen LogP contribution in [0.5, 0.6) is 0 Å². The first-order valence-corrected chi connectivity index (χ1v) is 7.68. The van der Waals surface area contributed by atoms with Crippen LogP contribution in [0.2, 0.25) is 0 Å². The SMILES string of the molecule is O=C(C1CCOC1)N1CCn2c(Cn3cccn3)cnc2C1. The quantitative estimate of drug-likeness (QED) is 0.828. The molecule has 7 heteroatoms. The lowest BCUT2D eigenvalue weighted by atomic mass is 10.1. The van der Waals surface area contributed by atoms with Crippen LogP contribution in [-0.4, -0.2) is 49.9 Å². The van der Waals surface area contributed by atoms with Crippen LogP contribution in [0.3, 0.4) is 0 Å². The van der Waals surface area contributed by atoms with Gasteiger partial charge in [-0.15, -0.1) is 0 Å². The zero-order chi connectivity index (χ0) is 14.9. The molecule has 1 atom stereocenters. The number of fused-ring (bicyclic) bond motifs is 1. The lowest BCUT2D eigenvalue weighted by molar-refractivity contribution is -0.137. The Kier molecular flexibility index (Phi) is 3.42. The molecule has 0 radical (unpaired) electrons. The van der Waals surface area contributed by atoms with Gasteiger partial charge in [0.1, 0.15) is 5.82 Å². The number of imidazole rings is 1. The van der Waals surface area contributed by atoms with Crippen LogP contribution in [0, 0.1) is 5.92 Å². The number of amides is 1. The molecule has 0 N–H and O–H groups in total. The van der Waals surface area contributed by atoms with Gasteiger partial charge in [0.15, 0.2) is 0 Å². The van der Waals surface area contributed by atoms with Gasteiger partial charge in [0.2, 0.25) is 5.91 Å². The monoisotopic (exact) mass is 301 g/mol. The van der Waals surface area contributed by atoms with E-state index in [0.717, 1.165) is 31.0 Å². The summed E-state index contributed by atoms with van der Waals surface area (Å²) in [6.45, 7) is 4.11. The molecule has 116 valence electrons. The van der Waals surface area contributed by atoms with Crippen LogP contribution < -0.4 is 0 Å². The Morgan fingerprint density at radius 1 is 1.41 bits per heavy atom. The average Bonchev–Trinajstić information content (AvgIpc) is 3.29. The summed E-state index contributed by atoms with van der Waals surface area (Å²) in [5, 5.41) is 4.23. The highest BCUT2D eigenvalue weighted by molar-refractivity contribution is 5.79. The molecule has 1 saturated heterocycles. The molecule has 0 aromatic carbocycles. The third-order valence-corrected chi connectivity index (χ3v) is 4.42. The van der Waals surface area contributed by atoms with Crippen molar-refractivity contribution in [2.45, 2.75) is 26.1 Å². The van der Waals surface area contributed by atoms with E-state index in [2.05, 4.69) is 14.6 Å². The number of rotatable bonds is 3. The highest BCUT2D eigenvalue weighted by Crippen LogP contribution is 2.20. The van der Waals surface area contributed by atoms with Crippen molar-refractivity contribution < 1.29 is 9.53 Å². The summed E-state index contributed by atoms with van der Waals surface area (Å²) in [6, 6.07) is 1.91. The molecular weight excluding hydrogens is 282 g/mol. The van der Waals surface area contributed by atoms with E-state index >= 15 is 0 Å². The second kappa shape index (κ2) is 5.57. The molecule has 4 heterocycles. The van der Waals surface area contributed by atoms with Crippen molar-refractivity contribution in [3.63, 3.8) is 0 Å². The largest absolute Gasteiger partial charge is 0.381 e. The topological polar surface area (TPSA) is 65.2 Å². The third-order valence-electron chi connectivity index (χ3n) is 4.42. The van der Waals surface area contributed by atoms with Crippen LogP contribution >= 0.6 is 0 Å². The maximum atomic E-state index is 12.5. The van der Waals surface area contributed by atoms with E-state index in [1.807, 2.05) is 28.0 Å². The normalized spacial score (nSPS) is 21.1. The van der Waals surface area contributed by atoms with Crippen molar-refractivity contribution in [2.75, 3.05) is 19.8 Å². The minimum absolute atomic E-state index is 0.0325. The molecule has 0 saturated carbocycles. The van der Waals surface area contributed by atoms with E-state index in [0.29, 0.717) is 26.3 Å². The van der Waals surface area contributed by atoms with Gasteiger partial charge in [-0.05, 0) is 12.5 Å². The van der Waals surface area contributed by atoms with E-state index in [1.54, 1.807) is 6.20 Å². The molecular formula is C15H19N5O2. The molecule has 0 spiro atoms. The molecule has 2 aliphatic rings. The first-order chi connectivity index (χ1) is 10.8. The number of hydrogen-bond donors (Lipinski definition) is 0. The van der Waals surface area contributed by atoms with Gasteiger partial charge in [0, 0.05) is 32.1 Å². The summed E-state index contributed by atoms with van der Waals surface area (Å²) >= 11 is 0. The Labute approximate surface area is 128 Å². The molecule has 7 nitrogen and oxygen atoms in total. The summed E-state index contributed by atoms with van der Waals surface area (Å²) in [5.74, 6) is 1.20. The maximum Gasteiger partial charge on any atom is 0.228 e. The van der Waals surface area contributed by atoms with Crippen molar-refractivity contribution in [1.82, 2.24) is 24.2 Å². The predicted octanol–water partition coefficient (Wildman–Crippen LogP) is 0.507. The minimum Gasteiger partial charge on any atom is -0.381 e. The van der Waals surface area contributed by atoms with Gasteiger partial charge in [-0.1, -0.05) is 0 Å². The van der Waals surface area contributed by atoms with E-state index in [9.17, 15) is 4.79 Å². The smallest absolute Gasteiger partial charge is 0.228 e. The summed E-state index contributed by atoms with van der Waals surface area (Å²) in [7, 11) is 0. The van der Waals surface area contributed by atoms with Crippen LogP contribution in [-0.2, 0) is 29.2 Å².